The molecule has 0 bridgehead atoms. The number of carboxylic acid groups (broad SMARTS) is 1. The molecule has 4 nitrogen and oxygen atoms in total. The molecule has 0 saturated heterocycles. The van der Waals surface area contributed by atoms with Gasteiger partial charge in [-0.2, -0.15) is 0 Å². The Bertz CT molecular complexity index is 351. The molecule has 0 heterocycles. The van der Waals surface area contributed by atoms with Gasteiger partial charge in [-0.15, -0.1) is 11.6 Å². The van der Waals surface area contributed by atoms with Gasteiger partial charge in [0.15, 0.2) is 0 Å². The third-order valence-corrected chi connectivity index (χ3v) is 1.85. The highest BCUT2D eigenvalue weighted by Crippen LogP contribution is 2.03. The average Bonchev–Trinajstić information content (AvgIpc) is 2.25. The number of aliphatic carboxylic acids is 1. The van der Waals surface area contributed by atoms with Gasteiger partial charge in [0.1, 0.15) is 5.71 Å². The van der Waals surface area contributed by atoms with Gasteiger partial charge in [-0.1, -0.05) is 35.5 Å². The van der Waals surface area contributed by atoms with Crippen molar-refractivity contribution in [1.29, 1.82) is 0 Å². The molecule has 0 aromatic heterocycles. The lowest BCUT2D eigenvalue weighted by atomic mass is 10.1. The molecule has 1 N–H and O–H groups in total. The highest BCUT2D eigenvalue weighted by Gasteiger charge is 2.02. The fourth-order valence-electron chi connectivity index (χ4n) is 0.950. The Hall–Kier alpha value is -1.55. The second kappa shape index (κ2) is 6.03. The molecule has 0 amide bonds. The van der Waals surface area contributed by atoms with E-state index in [-0.39, 0.29) is 5.88 Å². The Kier molecular flexibility index (Phi) is 4.63. The van der Waals surface area contributed by atoms with Crippen LogP contribution >= 0.6 is 11.6 Å². The zero-order valence-electron chi connectivity index (χ0n) is 7.89. The number of alkyl halides is 1. The van der Waals surface area contributed by atoms with Gasteiger partial charge in [-0.3, -0.25) is 0 Å². The first kappa shape index (κ1) is 11.5. The van der Waals surface area contributed by atoms with Crippen LogP contribution in [0.2, 0.25) is 0 Å². The van der Waals surface area contributed by atoms with E-state index in [4.69, 9.17) is 16.7 Å². The average molecular weight is 228 g/mol. The smallest absolute Gasteiger partial charge is 0.344 e. The predicted octanol–water partition coefficient (Wildman–Crippen LogP) is 1.73. The summed E-state index contributed by atoms with van der Waals surface area (Å²) in [5.74, 6) is -0.898. The molecule has 0 unspecified atom stereocenters. The second-order valence-electron chi connectivity index (χ2n) is 2.70. The maximum Gasteiger partial charge on any atom is 0.344 e. The van der Waals surface area contributed by atoms with Crippen molar-refractivity contribution < 1.29 is 14.7 Å². The van der Waals surface area contributed by atoms with Crippen LogP contribution in [0.1, 0.15) is 5.56 Å². The van der Waals surface area contributed by atoms with Crippen LogP contribution in [0.5, 0.6) is 0 Å². The monoisotopic (exact) mass is 227 g/mol. The van der Waals surface area contributed by atoms with Gasteiger partial charge in [-0.25, -0.2) is 4.79 Å². The summed E-state index contributed by atoms with van der Waals surface area (Å²) in [6.45, 7) is -0.465. The van der Waals surface area contributed by atoms with Crippen molar-refractivity contribution >= 4 is 23.3 Å². The van der Waals surface area contributed by atoms with Gasteiger partial charge in [-0.05, 0) is 0 Å². The summed E-state index contributed by atoms with van der Waals surface area (Å²) in [7, 11) is 0. The number of oxime groups is 1. The number of hydrogen-bond donors (Lipinski definition) is 1. The number of nitrogens with zero attached hydrogens (tertiary/aromatic N) is 1. The Morgan fingerprint density at radius 3 is 2.60 bits per heavy atom. The van der Waals surface area contributed by atoms with Crippen molar-refractivity contribution in [3.63, 3.8) is 0 Å². The van der Waals surface area contributed by atoms with Crippen LogP contribution in [0.25, 0.3) is 0 Å². The minimum Gasteiger partial charge on any atom is -0.479 e. The zero-order valence-corrected chi connectivity index (χ0v) is 8.65. The fourth-order valence-corrected chi connectivity index (χ4v) is 1.15. The first-order valence-electron chi connectivity index (χ1n) is 4.26. The van der Waals surface area contributed by atoms with Crippen molar-refractivity contribution in [3.05, 3.63) is 35.9 Å². The molecule has 0 aliphatic carbocycles. The van der Waals surface area contributed by atoms with Crippen LogP contribution in [0.3, 0.4) is 0 Å². The van der Waals surface area contributed by atoms with E-state index in [1.807, 2.05) is 30.3 Å². The van der Waals surface area contributed by atoms with Crippen LogP contribution in [0.4, 0.5) is 0 Å². The number of benzene rings is 1. The van der Waals surface area contributed by atoms with Crippen LogP contribution < -0.4 is 0 Å². The van der Waals surface area contributed by atoms with Crippen molar-refractivity contribution in [2.45, 2.75) is 0 Å². The number of carboxylic acids is 1. The summed E-state index contributed by atoms with van der Waals surface area (Å²) in [4.78, 5) is 14.8. The van der Waals surface area contributed by atoms with E-state index in [0.29, 0.717) is 5.71 Å². The molecule has 0 spiro atoms. The molecular formula is C10H10ClNO3. The molecule has 1 aromatic carbocycles. The first-order chi connectivity index (χ1) is 7.24. The van der Waals surface area contributed by atoms with E-state index < -0.39 is 12.6 Å². The van der Waals surface area contributed by atoms with Gasteiger partial charge in [0.25, 0.3) is 0 Å². The zero-order chi connectivity index (χ0) is 11.1. The molecule has 80 valence electrons. The SMILES string of the molecule is O=C(O)CO/N=C(\CCl)c1ccccc1. The lowest BCUT2D eigenvalue weighted by Crippen LogP contribution is -2.08. The van der Waals surface area contributed by atoms with Gasteiger partial charge >= 0.3 is 5.97 Å². The summed E-state index contributed by atoms with van der Waals surface area (Å²) >= 11 is 5.66. The number of halogens is 1. The third-order valence-electron chi connectivity index (χ3n) is 1.60. The molecule has 0 radical (unpaired) electrons. The quantitative estimate of drug-likeness (QED) is 0.474. The molecule has 5 heteroatoms. The molecule has 0 aliphatic rings. The lowest BCUT2D eigenvalue weighted by Gasteiger charge is -2.01. The van der Waals surface area contributed by atoms with Gasteiger partial charge < -0.3 is 9.94 Å². The normalized spacial score (nSPS) is 11.1. The van der Waals surface area contributed by atoms with Crippen LogP contribution in [-0.2, 0) is 9.63 Å². The highest BCUT2D eigenvalue weighted by molar-refractivity contribution is 6.31. The minimum atomic E-state index is -1.07. The van der Waals surface area contributed by atoms with E-state index in [9.17, 15) is 4.79 Å². The van der Waals surface area contributed by atoms with Crippen LogP contribution in [-0.4, -0.2) is 29.3 Å². The highest BCUT2D eigenvalue weighted by atomic mass is 35.5. The van der Waals surface area contributed by atoms with Crippen molar-refractivity contribution in [2.24, 2.45) is 5.16 Å². The Morgan fingerprint density at radius 1 is 1.40 bits per heavy atom. The molecular weight excluding hydrogens is 218 g/mol. The summed E-state index contributed by atoms with van der Waals surface area (Å²) < 4.78 is 0. The van der Waals surface area contributed by atoms with E-state index >= 15 is 0 Å². The van der Waals surface area contributed by atoms with Gasteiger partial charge in [0, 0.05) is 5.56 Å². The maximum absolute atomic E-state index is 10.2. The van der Waals surface area contributed by atoms with E-state index in [2.05, 4.69) is 9.99 Å². The molecule has 0 saturated carbocycles. The molecule has 0 fully saturated rings. The minimum absolute atomic E-state index is 0.170. The van der Waals surface area contributed by atoms with Gasteiger partial charge in [0.2, 0.25) is 6.61 Å². The Balaban J connectivity index is 2.67. The molecule has 0 atom stereocenters. The standard InChI is InChI=1S/C10H10ClNO3/c11-6-9(12-15-7-10(13)14)8-4-2-1-3-5-8/h1-5H,6-7H2,(H,13,14)/b12-9+. The maximum atomic E-state index is 10.2. The van der Waals surface area contributed by atoms with Crippen molar-refractivity contribution in [1.82, 2.24) is 0 Å². The van der Waals surface area contributed by atoms with Crippen LogP contribution in [0, 0.1) is 0 Å². The first-order valence-corrected chi connectivity index (χ1v) is 4.79. The summed E-state index contributed by atoms with van der Waals surface area (Å²) in [6.07, 6.45) is 0. The number of hydrogen-bond acceptors (Lipinski definition) is 3. The van der Waals surface area contributed by atoms with E-state index in [1.54, 1.807) is 0 Å². The second-order valence-corrected chi connectivity index (χ2v) is 2.97. The predicted molar refractivity (Wildman–Crippen MR) is 57.3 cm³/mol. The molecule has 1 rings (SSSR count). The van der Waals surface area contributed by atoms with Gasteiger partial charge in [0.05, 0.1) is 5.88 Å². The molecule has 0 aliphatic heterocycles. The van der Waals surface area contributed by atoms with Crippen molar-refractivity contribution in [3.8, 4) is 0 Å². The molecule has 15 heavy (non-hydrogen) atoms. The third kappa shape index (κ3) is 3.99. The van der Waals surface area contributed by atoms with Crippen LogP contribution in [0.15, 0.2) is 35.5 Å². The Labute approximate surface area is 92.1 Å². The fraction of sp³-hybridized carbons (Fsp3) is 0.200. The number of carbonyl (C=O) groups is 1. The number of rotatable bonds is 5. The largest absolute Gasteiger partial charge is 0.479 e. The van der Waals surface area contributed by atoms with Crippen molar-refractivity contribution in [2.75, 3.05) is 12.5 Å². The summed E-state index contributed by atoms with van der Waals surface area (Å²) in [6, 6.07) is 9.20. The summed E-state index contributed by atoms with van der Waals surface area (Å²) in [5.41, 5.74) is 1.33. The topological polar surface area (TPSA) is 58.9 Å². The Morgan fingerprint density at radius 2 is 2.07 bits per heavy atom. The lowest BCUT2D eigenvalue weighted by molar-refractivity contribution is -0.142. The molecule has 1 aromatic rings. The van der Waals surface area contributed by atoms with E-state index in [1.165, 1.54) is 0 Å². The summed E-state index contributed by atoms with van der Waals surface area (Å²) in [5, 5.41) is 12.0. The van der Waals surface area contributed by atoms with E-state index in [0.717, 1.165) is 5.56 Å².